The SMILES string of the molecule is CCOc1ccc(S(=O)(=O)NC(=O)C[C@@H]2CC(=O)[C@H](NC(=O)[C@H](CC)CC(C)C)[C@H](O)c3ccc(c(Cl)c3)Oc3cc4cc(c3O[C@@H]3O[C@H](CO)[C@@H](O)[C@H](O)[C@H]3O)Oc3ccc(cc3Cl)[C@@H](O)[C@@H]3NC(=O)[C@H](CC(=O)[C@@H]4NC2=O)c2ccc(O)c(c2)-c2c(O)cc(O)cc2[C@@H](C(=O)CC2C4CC5CC(C4)CC2C5)NC3=O)cc1. The van der Waals surface area contributed by atoms with Gasteiger partial charge in [0.05, 0.1) is 40.0 Å². The lowest BCUT2D eigenvalue weighted by molar-refractivity contribution is -0.277. The van der Waals surface area contributed by atoms with Gasteiger partial charge in [-0.3, -0.25) is 38.4 Å². The third kappa shape index (κ3) is 17.2. The Bertz CT molecular complexity index is 4800. The molecule has 10 aliphatic rings. The number of Topliss-reactive ketones (excluding diaryl/α,β-unsaturated/α-hetero) is 3. The Hall–Kier alpha value is -9.47. The van der Waals surface area contributed by atoms with Gasteiger partial charge in [0.2, 0.25) is 41.6 Å². The number of aliphatic hydroxyl groups excluding tert-OH is 6. The summed E-state index contributed by atoms with van der Waals surface area (Å²) in [6, 6.07) is 11.6. The number of hydrogen-bond acceptors (Lipinski definition) is 24. The molecule has 1 saturated heterocycles. The molecule has 6 aromatic carbocycles. The van der Waals surface area contributed by atoms with Crippen molar-refractivity contribution in [2.75, 3.05) is 13.2 Å². The number of sulfonamides is 1. The number of carbonyl (C=O) groups excluding carboxylic acids is 8. The molecule has 14 atom stereocenters. The van der Waals surface area contributed by atoms with Crippen molar-refractivity contribution in [2.24, 2.45) is 47.3 Å². The number of rotatable bonds is 17. The molecular formula is C81H89Cl2N5O24S. The summed E-state index contributed by atoms with van der Waals surface area (Å²) in [5.41, 5.74) is -1.76. The monoisotopic (exact) mass is 1620 g/mol. The molecule has 6 aromatic rings. The average Bonchev–Trinajstić information content (AvgIpc) is 0.822. The number of amides is 5. The molecule has 15 bridgehead atoms. The number of phenols is 3. The molecule has 0 unspecified atom stereocenters. The molecular weight excluding hydrogens is 1530 g/mol. The number of aliphatic hydroxyl groups is 6. The van der Waals surface area contributed by atoms with Crippen LogP contribution in [0.15, 0.2) is 108 Å². The highest BCUT2D eigenvalue weighted by molar-refractivity contribution is 7.90. The van der Waals surface area contributed by atoms with Crippen molar-refractivity contribution in [1.82, 2.24) is 26.0 Å². The van der Waals surface area contributed by atoms with Crippen LogP contribution in [0.2, 0.25) is 10.0 Å². The van der Waals surface area contributed by atoms with Crippen molar-refractivity contribution < 1.29 is 116 Å². The fraction of sp³-hybridized carbons (Fsp3) is 0.457. The van der Waals surface area contributed by atoms with Gasteiger partial charge >= 0.3 is 0 Å². The zero-order valence-electron chi connectivity index (χ0n) is 61.9. The first-order valence-electron chi connectivity index (χ1n) is 37.7. The predicted octanol–water partition coefficient (Wildman–Crippen LogP) is 7.65. The fourth-order valence-corrected chi connectivity index (χ4v) is 18.8. The van der Waals surface area contributed by atoms with Gasteiger partial charge in [0.15, 0.2) is 28.8 Å². The van der Waals surface area contributed by atoms with E-state index in [4.69, 9.17) is 46.9 Å². The van der Waals surface area contributed by atoms with Crippen molar-refractivity contribution in [1.29, 1.82) is 0 Å². The summed E-state index contributed by atoms with van der Waals surface area (Å²) < 4.78 is 61.0. The van der Waals surface area contributed by atoms with Crippen LogP contribution in [-0.4, -0.2) is 157 Å². The van der Waals surface area contributed by atoms with E-state index in [1.165, 1.54) is 48.5 Å². The quantitative estimate of drug-likeness (QED) is 0.0417. The topological polar surface area (TPSA) is 459 Å². The number of halogens is 2. The van der Waals surface area contributed by atoms with Gasteiger partial charge in [-0.2, -0.15) is 0 Å². The van der Waals surface area contributed by atoms with E-state index in [2.05, 4.69) is 21.3 Å². The van der Waals surface area contributed by atoms with Crippen LogP contribution in [0.4, 0.5) is 0 Å². The Morgan fingerprint density at radius 2 is 1.27 bits per heavy atom. The molecule has 0 spiro atoms. The molecule has 16 rings (SSSR count). The van der Waals surface area contributed by atoms with Crippen LogP contribution in [0, 0.1) is 47.3 Å². The molecule has 29 nitrogen and oxygen atoms in total. The molecule has 0 aromatic heterocycles. The summed E-state index contributed by atoms with van der Waals surface area (Å²) in [6.45, 7) is 6.41. The minimum Gasteiger partial charge on any atom is -0.508 e. The van der Waals surface area contributed by atoms with E-state index in [0.717, 1.165) is 86.7 Å². The molecule has 6 aliphatic heterocycles. The third-order valence-corrected chi connectivity index (χ3v) is 24.8. The summed E-state index contributed by atoms with van der Waals surface area (Å²) in [5.74, 6) is -16.6. The number of phenolic OH excluding ortho intramolecular Hbond substituents is 3. The van der Waals surface area contributed by atoms with E-state index < -0.39 is 213 Å². The highest BCUT2D eigenvalue weighted by atomic mass is 35.5. The Morgan fingerprint density at radius 1 is 0.646 bits per heavy atom. The second-order valence-corrected chi connectivity index (χ2v) is 33.4. The van der Waals surface area contributed by atoms with Crippen molar-refractivity contribution in [2.45, 2.75) is 176 Å². The summed E-state index contributed by atoms with van der Waals surface area (Å²) >= 11 is 14.3. The normalized spacial score (nSPS) is 28.5. The number of ketones is 3. The van der Waals surface area contributed by atoms with E-state index in [1.807, 2.05) is 18.6 Å². The first kappa shape index (κ1) is 81.5. The second-order valence-electron chi connectivity index (χ2n) is 30.9. The predicted molar refractivity (Wildman–Crippen MR) is 403 cm³/mol. The number of carbonyl (C=O) groups is 8. The summed E-state index contributed by atoms with van der Waals surface area (Å²) in [7, 11) is -4.83. The molecule has 14 N–H and O–H groups in total. The minimum absolute atomic E-state index is 0.0597. The van der Waals surface area contributed by atoms with Gasteiger partial charge in [0, 0.05) is 48.8 Å². The number of aromatic hydroxyl groups is 3. The number of benzene rings is 6. The lowest BCUT2D eigenvalue weighted by Gasteiger charge is -2.54. The van der Waals surface area contributed by atoms with Gasteiger partial charge < -0.3 is 90.9 Å². The van der Waals surface area contributed by atoms with E-state index in [0.29, 0.717) is 18.3 Å². The van der Waals surface area contributed by atoms with Gasteiger partial charge in [0.25, 0.3) is 10.0 Å². The highest BCUT2D eigenvalue weighted by Gasteiger charge is 2.51. The van der Waals surface area contributed by atoms with Crippen LogP contribution in [0.1, 0.15) is 156 Å². The zero-order valence-corrected chi connectivity index (χ0v) is 64.2. The maximum Gasteiger partial charge on any atom is 0.264 e. The van der Waals surface area contributed by atoms with Crippen LogP contribution in [0.3, 0.4) is 0 Å². The van der Waals surface area contributed by atoms with E-state index in [9.17, 15) is 64.0 Å². The molecule has 32 heteroatoms. The Morgan fingerprint density at radius 3 is 1.88 bits per heavy atom. The fourth-order valence-electron chi connectivity index (χ4n) is 17.4. The van der Waals surface area contributed by atoms with Crippen molar-refractivity contribution in [3.05, 3.63) is 141 Å². The second kappa shape index (κ2) is 33.5. The number of nitrogens with one attached hydrogen (secondary N) is 5. The van der Waals surface area contributed by atoms with Crippen LogP contribution >= 0.6 is 23.2 Å². The molecule has 113 heavy (non-hydrogen) atoms. The molecule has 5 amide bonds. The van der Waals surface area contributed by atoms with Crippen LogP contribution in [-0.2, 0) is 53.1 Å². The molecule has 6 heterocycles. The minimum atomic E-state index is -4.83. The largest absolute Gasteiger partial charge is 0.508 e. The first-order valence-corrected chi connectivity index (χ1v) is 40.0. The van der Waals surface area contributed by atoms with Crippen LogP contribution in [0.5, 0.6) is 51.7 Å². The smallest absolute Gasteiger partial charge is 0.264 e. The number of ether oxygens (including phenoxy) is 5. The summed E-state index contributed by atoms with van der Waals surface area (Å²) in [5, 5.41) is 115. The van der Waals surface area contributed by atoms with E-state index >= 15 is 28.8 Å². The molecule has 602 valence electrons. The van der Waals surface area contributed by atoms with Gasteiger partial charge in [0.1, 0.15) is 95.3 Å². The summed E-state index contributed by atoms with van der Waals surface area (Å²) in [6.07, 6.45) is -12.3. The maximum absolute atomic E-state index is 16.5. The number of hydrogen-bond donors (Lipinski definition) is 14. The van der Waals surface area contributed by atoms with E-state index in [1.54, 1.807) is 13.8 Å². The van der Waals surface area contributed by atoms with E-state index in [-0.39, 0.29) is 104 Å². The van der Waals surface area contributed by atoms with Gasteiger partial charge in [-0.15, -0.1) is 0 Å². The lowest BCUT2D eigenvalue weighted by Crippen LogP contribution is -2.60. The highest BCUT2D eigenvalue weighted by Crippen LogP contribution is 2.58. The third-order valence-electron chi connectivity index (χ3n) is 22.8. The van der Waals surface area contributed by atoms with Crippen molar-refractivity contribution in [3.8, 4) is 62.9 Å². The van der Waals surface area contributed by atoms with Gasteiger partial charge in [-0.05, 0) is 194 Å². The Balaban J connectivity index is 1.01. The first-order chi connectivity index (χ1) is 53.8. The van der Waals surface area contributed by atoms with Gasteiger partial charge in [-0.1, -0.05) is 62.2 Å². The molecule has 5 fully saturated rings. The molecule has 4 aliphatic carbocycles. The maximum atomic E-state index is 16.5. The molecule has 4 saturated carbocycles. The molecule has 0 radical (unpaired) electrons. The lowest BCUT2D eigenvalue weighted by atomic mass is 9.51. The van der Waals surface area contributed by atoms with Crippen molar-refractivity contribution >= 4 is 80.1 Å². The van der Waals surface area contributed by atoms with Gasteiger partial charge in [-0.25, -0.2) is 13.1 Å². The number of fused-ring (bicyclic) bond motifs is 15. The zero-order chi connectivity index (χ0) is 80.9. The Labute approximate surface area is 659 Å². The van der Waals surface area contributed by atoms with Crippen molar-refractivity contribution in [3.63, 3.8) is 0 Å². The standard InChI is InChI=1S/C81H89Cl2N5O24S/c1-5-38(17-35(3)4)77(102)86-69-57(93)26-45(29-65(96)88-113(106,107)48-12-10-47(11-13-48)108-6-2)78(103)84-67-44-27-62(109-60-15-8-40(71(69)97)24-53(60)82)76(112-81-75(101)74(100)73(99)64(34-89)111-81)63(28-44)110-61-16-9-41(25-54(61)83)72(98)70-80(105)85-68(59(95)32-49-42-19-36-18-37(21-42)22-43(49)20-36)52-30-46(90)31-56(92)66(52)51-23-39(7-14-55(51)91)50(33-58(67)94)79(104)87-70/h7-16,23-25,27-28,30-31,35-38,42-43,45,49-50,64,67-75,81,89-92,97-101H,5-6,17-22,26,29,32-34H2,1-4H3,(H,84,103)(H,85,105)(H,86,102)(H,87,104)(H,88,96)/t36?,37?,38-,42?,43?,45+,49?,50-,64-,67-,68+,69+,70+,71-,72-,73-,74+,75-,81+/m1/s1. The summed E-state index contributed by atoms with van der Waals surface area (Å²) in [4.78, 5) is 124. The Kier molecular flexibility index (Phi) is 24.2. The van der Waals surface area contributed by atoms with Crippen LogP contribution in [0.25, 0.3) is 11.1 Å². The average molecular weight is 1620 g/mol. The van der Waals surface area contributed by atoms with Crippen LogP contribution < -0.4 is 44.9 Å².